The van der Waals surface area contributed by atoms with Crippen LogP contribution < -0.4 is 15.8 Å². The summed E-state index contributed by atoms with van der Waals surface area (Å²) in [4.78, 5) is 50.9. The van der Waals surface area contributed by atoms with Crippen molar-refractivity contribution in [2.45, 2.75) is 32.2 Å². The van der Waals surface area contributed by atoms with Gasteiger partial charge in [-0.3, -0.25) is 24.6 Å². The number of hydrogen-bond acceptors (Lipinski definition) is 5. The van der Waals surface area contributed by atoms with E-state index in [4.69, 9.17) is 0 Å². The zero-order chi connectivity index (χ0) is 19.6. The van der Waals surface area contributed by atoms with E-state index in [0.717, 1.165) is 4.90 Å². The first-order valence-corrected chi connectivity index (χ1v) is 8.80. The summed E-state index contributed by atoms with van der Waals surface area (Å²) in [5.41, 5.74) is 5.45. The molecule has 27 heavy (non-hydrogen) atoms. The van der Waals surface area contributed by atoms with Crippen molar-refractivity contribution < 1.29 is 23.6 Å². The van der Waals surface area contributed by atoms with Crippen LogP contribution in [0.2, 0.25) is 0 Å². The van der Waals surface area contributed by atoms with E-state index < -0.39 is 23.7 Å². The number of hydrazine groups is 1. The molecule has 0 aliphatic carbocycles. The van der Waals surface area contributed by atoms with E-state index in [1.807, 2.05) is 0 Å². The summed E-state index contributed by atoms with van der Waals surface area (Å²) in [6.07, 6.45) is 0.998. The standard InChI is InChI=1S/C18H21FN4O4/c1-11(24)22-8-6-12(7-9-22)17(26)21-20-15-10-16(25)23(18(15)27)14-4-2-13(19)3-5-14/h2-5,12,15,20H,6-10H2,1H3,(H,21,26)/t15-/m1/s1. The normalized spacial score (nSPS) is 20.9. The molecule has 1 aromatic rings. The van der Waals surface area contributed by atoms with Crippen molar-refractivity contribution in [3.05, 3.63) is 30.1 Å². The zero-order valence-electron chi connectivity index (χ0n) is 14.9. The molecule has 4 amide bonds. The fraction of sp³-hybridized carbons (Fsp3) is 0.444. The highest BCUT2D eigenvalue weighted by Crippen LogP contribution is 2.23. The van der Waals surface area contributed by atoms with E-state index in [-0.39, 0.29) is 24.2 Å². The molecule has 2 heterocycles. The molecule has 0 aromatic heterocycles. The van der Waals surface area contributed by atoms with E-state index in [9.17, 15) is 23.6 Å². The van der Waals surface area contributed by atoms with Crippen molar-refractivity contribution >= 4 is 29.3 Å². The summed E-state index contributed by atoms with van der Waals surface area (Å²) < 4.78 is 13.0. The van der Waals surface area contributed by atoms with Gasteiger partial charge in [-0.15, -0.1) is 0 Å². The number of nitrogens with one attached hydrogen (secondary N) is 2. The van der Waals surface area contributed by atoms with Crippen LogP contribution in [0, 0.1) is 11.7 Å². The first kappa shape index (κ1) is 19.0. The molecule has 1 atom stereocenters. The van der Waals surface area contributed by atoms with Gasteiger partial charge in [-0.2, -0.15) is 0 Å². The third kappa shape index (κ3) is 4.13. The van der Waals surface area contributed by atoms with Crippen molar-refractivity contribution in [1.82, 2.24) is 15.8 Å². The number of piperidine rings is 1. The third-order valence-corrected chi connectivity index (χ3v) is 4.91. The van der Waals surface area contributed by atoms with Gasteiger partial charge in [-0.05, 0) is 37.1 Å². The largest absolute Gasteiger partial charge is 0.343 e. The second kappa shape index (κ2) is 7.83. The average molecular weight is 376 g/mol. The van der Waals surface area contributed by atoms with Gasteiger partial charge in [0.05, 0.1) is 12.1 Å². The molecule has 2 aliphatic heterocycles. The summed E-state index contributed by atoms with van der Waals surface area (Å²) in [7, 11) is 0. The zero-order valence-corrected chi connectivity index (χ0v) is 14.9. The maximum atomic E-state index is 13.0. The molecule has 2 aliphatic rings. The minimum atomic E-state index is -0.871. The minimum Gasteiger partial charge on any atom is -0.343 e. The lowest BCUT2D eigenvalue weighted by molar-refractivity contribution is -0.134. The van der Waals surface area contributed by atoms with Gasteiger partial charge in [0.2, 0.25) is 17.7 Å². The number of amides is 4. The Bertz CT molecular complexity index is 759. The smallest absolute Gasteiger partial charge is 0.253 e. The molecule has 0 saturated carbocycles. The van der Waals surface area contributed by atoms with Gasteiger partial charge in [0.25, 0.3) is 5.91 Å². The molecule has 1 aromatic carbocycles. The predicted molar refractivity (Wildman–Crippen MR) is 93.6 cm³/mol. The van der Waals surface area contributed by atoms with Crippen molar-refractivity contribution in [3.8, 4) is 0 Å². The van der Waals surface area contributed by atoms with Gasteiger partial charge in [-0.25, -0.2) is 14.7 Å². The summed E-state index contributed by atoms with van der Waals surface area (Å²) in [5, 5.41) is 0. The molecule has 9 heteroatoms. The molecule has 2 saturated heterocycles. The molecule has 8 nitrogen and oxygen atoms in total. The van der Waals surface area contributed by atoms with Crippen molar-refractivity contribution in [3.63, 3.8) is 0 Å². The Labute approximate surface area is 155 Å². The van der Waals surface area contributed by atoms with Crippen LogP contribution in [-0.4, -0.2) is 47.7 Å². The fourth-order valence-electron chi connectivity index (χ4n) is 3.32. The van der Waals surface area contributed by atoms with Crippen molar-refractivity contribution in [2.75, 3.05) is 18.0 Å². The Balaban J connectivity index is 1.53. The second-order valence-electron chi connectivity index (χ2n) is 6.71. The number of hydrogen-bond donors (Lipinski definition) is 2. The molecule has 144 valence electrons. The van der Waals surface area contributed by atoms with Gasteiger partial charge >= 0.3 is 0 Å². The second-order valence-corrected chi connectivity index (χ2v) is 6.71. The van der Waals surface area contributed by atoms with Gasteiger partial charge < -0.3 is 4.90 Å². The number of anilines is 1. The summed E-state index contributed by atoms with van der Waals surface area (Å²) >= 11 is 0. The first-order chi connectivity index (χ1) is 12.9. The van der Waals surface area contributed by atoms with Crippen LogP contribution in [-0.2, 0) is 19.2 Å². The maximum absolute atomic E-state index is 13.0. The number of halogens is 1. The lowest BCUT2D eigenvalue weighted by Gasteiger charge is -2.30. The number of imide groups is 1. The monoisotopic (exact) mass is 376 g/mol. The van der Waals surface area contributed by atoms with Crippen LogP contribution in [0.5, 0.6) is 0 Å². The number of rotatable bonds is 4. The SMILES string of the molecule is CC(=O)N1CCC(C(=O)NN[C@@H]2CC(=O)N(c3ccc(F)cc3)C2=O)CC1. The Morgan fingerprint density at radius 3 is 2.33 bits per heavy atom. The van der Waals surface area contributed by atoms with E-state index >= 15 is 0 Å². The van der Waals surface area contributed by atoms with Crippen molar-refractivity contribution in [1.29, 1.82) is 0 Å². The molecule has 3 rings (SSSR count). The molecular formula is C18H21FN4O4. The topological polar surface area (TPSA) is 98.8 Å². The number of carbonyl (C=O) groups excluding carboxylic acids is 4. The van der Waals surface area contributed by atoms with Gasteiger partial charge in [0, 0.05) is 25.9 Å². The number of benzene rings is 1. The summed E-state index contributed by atoms with van der Waals surface area (Å²) in [6, 6.07) is 4.19. The predicted octanol–water partition coefficient (Wildman–Crippen LogP) is 0.337. The summed E-state index contributed by atoms with van der Waals surface area (Å²) in [5.74, 6) is -1.92. The minimum absolute atomic E-state index is 0.0112. The fourth-order valence-corrected chi connectivity index (χ4v) is 3.32. The Morgan fingerprint density at radius 1 is 1.11 bits per heavy atom. The molecule has 0 radical (unpaired) electrons. The molecule has 2 N–H and O–H groups in total. The van der Waals surface area contributed by atoms with Crippen LogP contribution in [0.25, 0.3) is 0 Å². The number of nitrogens with zero attached hydrogens (tertiary/aromatic N) is 2. The Hall–Kier alpha value is -2.81. The first-order valence-electron chi connectivity index (χ1n) is 8.80. The molecule has 0 unspecified atom stereocenters. The van der Waals surface area contributed by atoms with Gasteiger partial charge in [-0.1, -0.05) is 0 Å². The van der Waals surface area contributed by atoms with Crippen LogP contribution >= 0.6 is 0 Å². The average Bonchev–Trinajstić information content (AvgIpc) is 2.94. The quantitative estimate of drug-likeness (QED) is 0.583. The maximum Gasteiger partial charge on any atom is 0.253 e. The molecule has 2 fully saturated rings. The van der Waals surface area contributed by atoms with E-state index in [0.29, 0.717) is 31.6 Å². The lowest BCUT2D eigenvalue weighted by atomic mass is 9.96. The third-order valence-electron chi connectivity index (χ3n) is 4.91. The van der Waals surface area contributed by atoms with Crippen molar-refractivity contribution in [2.24, 2.45) is 5.92 Å². The van der Waals surface area contributed by atoms with Gasteiger partial charge in [0.15, 0.2) is 0 Å². The van der Waals surface area contributed by atoms with Crippen LogP contribution in [0.1, 0.15) is 26.2 Å². The van der Waals surface area contributed by atoms with E-state index in [2.05, 4.69) is 10.9 Å². The molecule has 0 spiro atoms. The highest BCUT2D eigenvalue weighted by atomic mass is 19.1. The highest BCUT2D eigenvalue weighted by molar-refractivity contribution is 6.22. The Morgan fingerprint density at radius 2 is 1.74 bits per heavy atom. The van der Waals surface area contributed by atoms with Crippen LogP contribution in [0.15, 0.2) is 24.3 Å². The van der Waals surface area contributed by atoms with E-state index in [1.54, 1.807) is 4.90 Å². The lowest BCUT2D eigenvalue weighted by Crippen LogP contribution is -2.51. The van der Waals surface area contributed by atoms with Crippen LogP contribution in [0.3, 0.4) is 0 Å². The number of likely N-dealkylation sites (tertiary alicyclic amines) is 1. The number of carbonyl (C=O) groups is 4. The summed E-state index contributed by atoms with van der Waals surface area (Å²) in [6.45, 7) is 2.54. The highest BCUT2D eigenvalue weighted by Gasteiger charge is 2.40. The van der Waals surface area contributed by atoms with E-state index in [1.165, 1.54) is 31.2 Å². The van der Waals surface area contributed by atoms with Gasteiger partial charge in [0.1, 0.15) is 11.9 Å². The van der Waals surface area contributed by atoms with Crippen LogP contribution in [0.4, 0.5) is 10.1 Å². The Kier molecular flexibility index (Phi) is 5.50. The molecule has 0 bridgehead atoms. The molecular weight excluding hydrogens is 355 g/mol.